The Bertz CT molecular complexity index is 915. The molecule has 0 radical (unpaired) electrons. The number of aromatic nitrogens is 2. The summed E-state index contributed by atoms with van der Waals surface area (Å²) >= 11 is 1.41. The van der Waals surface area contributed by atoms with Gasteiger partial charge in [0.05, 0.1) is 18.8 Å². The highest BCUT2D eigenvalue weighted by atomic mass is 32.1. The molecule has 0 unspecified atom stereocenters. The third-order valence-electron chi connectivity index (χ3n) is 4.47. The van der Waals surface area contributed by atoms with Gasteiger partial charge in [0, 0.05) is 18.0 Å². The number of carbonyl (C=O) groups is 3. The van der Waals surface area contributed by atoms with Crippen LogP contribution < -0.4 is 5.32 Å². The lowest BCUT2D eigenvalue weighted by Gasteiger charge is -2.12. The fourth-order valence-electron chi connectivity index (χ4n) is 3.22. The van der Waals surface area contributed by atoms with Gasteiger partial charge in [-0.25, -0.2) is 9.59 Å². The summed E-state index contributed by atoms with van der Waals surface area (Å²) in [5.41, 5.74) is 1.68. The fraction of sp³-hybridized carbons (Fsp3) is 0.474. The molecule has 0 saturated heterocycles. The van der Waals surface area contributed by atoms with Gasteiger partial charge in [-0.05, 0) is 45.1 Å². The van der Waals surface area contributed by atoms with Crippen LogP contribution in [0.4, 0.5) is 5.00 Å². The van der Waals surface area contributed by atoms with Gasteiger partial charge in [-0.15, -0.1) is 11.3 Å². The van der Waals surface area contributed by atoms with Crippen LogP contribution in [-0.2, 0) is 29.4 Å². The Morgan fingerprint density at radius 3 is 2.54 bits per heavy atom. The lowest BCUT2D eigenvalue weighted by Crippen LogP contribution is -2.18. The van der Waals surface area contributed by atoms with Crippen LogP contribution in [0, 0.1) is 0 Å². The molecule has 2 aromatic heterocycles. The number of hydrogen-bond donors (Lipinski definition) is 1. The number of anilines is 1. The number of hydrogen-bond acceptors (Lipinski definition) is 7. The van der Waals surface area contributed by atoms with Crippen LogP contribution in [-0.4, -0.2) is 40.8 Å². The third-order valence-corrected chi connectivity index (χ3v) is 5.68. The predicted octanol–water partition coefficient (Wildman–Crippen LogP) is 2.97. The molecule has 9 heteroatoms. The number of esters is 2. The molecule has 1 aliphatic rings. The normalized spacial score (nSPS) is 13.0. The van der Waals surface area contributed by atoms with Crippen molar-refractivity contribution in [3.8, 4) is 0 Å². The van der Waals surface area contributed by atoms with Crippen molar-refractivity contribution in [2.45, 2.75) is 39.5 Å². The second-order valence-corrected chi connectivity index (χ2v) is 7.45. The van der Waals surface area contributed by atoms with Crippen molar-refractivity contribution in [1.82, 2.24) is 9.78 Å². The predicted molar refractivity (Wildman–Crippen MR) is 104 cm³/mol. The highest BCUT2D eigenvalue weighted by Crippen LogP contribution is 2.38. The Kier molecular flexibility index (Phi) is 6.13. The van der Waals surface area contributed by atoms with Gasteiger partial charge >= 0.3 is 11.9 Å². The summed E-state index contributed by atoms with van der Waals surface area (Å²) in [6, 6.07) is 1.38. The lowest BCUT2D eigenvalue weighted by molar-refractivity contribution is 0.0512. The number of aryl methyl sites for hydroxylation is 2. The van der Waals surface area contributed by atoms with Gasteiger partial charge in [-0.1, -0.05) is 0 Å². The van der Waals surface area contributed by atoms with Crippen LogP contribution >= 0.6 is 11.3 Å². The quantitative estimate of drug-likeness (QED) is 0.742. The molecule has 150 valence electrons. The lowest BCUT2D eigenvalue weighted by atomic mass is 9.95. The summed E-state index contributed by atoms with van der Waals surface area (Å²) in [7, 11) is 1.57. The van der Waals surface area contributed by atoms with E-state index in [2.05, 4.69) is 10.4 Å². The second-order valence-electron chi connectivity index (χ2n) is 6.35. The molecule has 1 amide bonds. The number of amides is 1. The molecule has 2 heterocycles. The average Bonchev–Trinajstić information content (AvgIpc) is 3.22. The first-order chi connectivity index (χ1) is 13.5. The van der Waals surface area contributed by atoms with E-state index in [1.54, 1.807) is 20.9 Å². The molecule has 0 bridgehead atoms. The minimum Gasteiger partial charge on any atom is -0.462 e. The molecule has 0 saturated carbocycles. The van der Waals surface area contributed by atoms with Gasteiger partial charge in [0.25, 0.3) is 5.91 Å². The van der Waals surface area contributed by atoms with Crippen molar-refractivity contribution in [3.05, 3.63) is 33.5 Å². The minimum absolute atomic E-state index is 0.0607. The van der Waals surface area contributed by atoms with Crippen molar-refractivity contribution < 1.29 is 23.9 Å². The molecule has 28 heavy (non-hydrogen) atoms. The van der Waals surface area contributed by atoms with Gasteiger partial charge in [0.15, 0.2) is 5.69 Å². The van der Waals surface area contributed by atoms with Gasteiger partial charge < -0.3 is 14.8 Å². The smallest absolute Gasteiger partial charge is 0.358 e. The average molecular weight is 405 g/mol. The molecule has 0 aromatic carbocycles. The monoisotopic (exact) mass is 405 g/mol. The highest BCUT2D eigenvalue weighted by Gasteiger charge is 2.28. The molecule has 1 N–H and O–H groups in total. The van der Waals surface area contributed by atoms with E-state index >= 15 is 0 Å². The van der Waals surface area contributed by atoms with Gasteiger partial charge in [0.2, 0.25) is 0 Å². The highest BCUT2D eigenvalue weighted by molar-refractivity contribution is 7.17. The van der Waals surface area contributed by atoms with Crippen molar-refractivity contribution in [2.24, 2.45) is 7.05 Å². The maximum Gasteiger partial charge on any atom is 0.358 e. The number of nitrogens with one attached hydrogen (secondary N) is 1. The van der Waals surface area contributed by atoms with Crippen molar-refractivity contribution in [3.63, 3.8) is 0 Å². The summed E-state index contributed by atoms with van der Waals surface area (Å²) < 4.78 is 11.4. The van der Waals surface area contributed by atoms with E-state index in [1.165, 1.54) is 22.1 Å². The maximum atomic E-state index is 12.8. The summed E-state index contributed by atoms with van der Waals surface area (Å²) in [6.07, 6.45) is 3.76. The number of nitrogens with zero attached hydrogens (tertiary/aromatic N) is 2. The Morgan fingerprint density at radius 1 is 1.14 bits per heavy atom. The molecule has 8 nitrogen and oxygen atoms in total. The van der Waals surface area contributed by atoms with Crippen LogP contribution in [0.5, 0.6) is 0 Å². The first-order valence-corrected chi connectivity index (χ1v) is 10.1. The molecule has 0 atom stereocenters. The van der Waals surface area contributed by atoms with Crippen molar-refractivity contribution in [2.75, 3.05) is 18.5 Å². The number of carbonyl (C=O) groups excluding carboxylic acids is 3. The summed E-state index contributed by atoms with van der Waals surface area (Å²) in [5, 5.41) is 7.33. The topological polar surface area (TPSA) is 99.5 Å². The van der Waals surface area contributed by atoms with Gasteiger partial charge in [-0.3, -0.25) is 9.48 Å². The SMILES string of the molecule is CCOC(=O)c1cc(C(=O)Nc2sc3c(c2C(=O)OCC)CCCC3)n(C)n1. The number of ether oxygens (including phenoxy) is 2. The van der Waals surface area contributed by atoms with E-state index in [0.717, 1.165) is 36.1 Å². The Hall–Kier alpha value is -2.68. The zero-order chi connectivity index (χ0) is 20.3. The van der Waals surface area contributed by atoms with E-state index < -0.39 is 17.8 Å². The van der Waals surface area contributed by atoms with Gasteiger partial charge in [-0.2, -0.15) is 5.10 Å². The number of fused-ring (bicyclic) bond motifs is 1. The molecule has 0 aliphatic heterocycles. The Labute approximate surface area is 166 Å². The van der Waals surface area contributed by atoms with E-state index in [0.29, 0.717) is 10.6 Å². The molecule has 1 aliphatic carbocycles. The molecule has 0 spiro atoms. The largest absolute Gasteiger partial charge is 0.462 e. The Morgan fingerprint density at radius 2 is 1.82 bits per heavy atom. The fourth-order valence-corrected chi connectivity index (χ4v) is 4.50. The number of thiophene rings is 1. The number of rotatable bonds is 6. The van der Waals surface area contributed by atoms with E-state index in [4.69, 9.17) is 9.47 Å². The third kappa shape index (κ3) is 3.94. The first-order valence-electron chi connectivity index (χ1n) is 9.30. The van der Waals surface area contributed by atoms with E-state index in [-0.39, 0.29) is 24.6 Å². The zero-order valence-electron chi connectivity index (χ0n) is 16.2. The van der Waals surface area contributed by atoms with Crippen LogP contribution in [0.1, 0.15) is 68.5 Å². The summed E-state index contributed by atoms with van der Waals surface area (Å²) in [5.74, 6) is -1.46. The van der Waals surface area contributed by atoms with Crippen molar-refractivity contribution in [1.29, 1.82) is 0 Å². The Balaban J connectivity index is 1.89. The van der Waals surface area contributed by atoms with Crippen LogP contribution in [0.15, 0.2) is 6.07 Å². The van der Waals surface area contributed by atoms with Gasteiger partial charge in [0.1, 0.15) is 10.7 Å². The van der Waals surface area contributed by atoms with E-state index in [9.17, 15) is 14.4 Å². The molecule has 2 aromatic rings. The molecular formula is C19H23N3O5S. The first kappa shape index (κ1) is 20.1. The van der Waals surface area contributed by atoms with Crippen LogP contribution in [0.3, 0.4) is 0 Å². The molecular weight excluding hydrogens is 382 g/mol. The molecule has 0 fully saturated rings. The molecule has 3 rings (SSSR count). The summed E-state index contributed by atoms with van der Waals surface area (Å²) in [4.78, 5) is 38.3. The second kappa shape index (κ2) is 8.55. The van der Waals surface area contributed by atoms with Crippen LogP contribution in [0.2, 0.25) is 0 Å². The van der Waals surface area contributed by atoms with E-state index in [1.807, 2.05) is 0 Å². The summed E-state index contributed by atoms with van der Waals surface area (Å²) in [6.45, 7) is 3.94. The zero-order valence-corrected chi connectivity index (χ0v) is 17.0. The van der Waals surface area contributed by atoms with Crippen molar-refractivity contribution >= 4 is 34.2 Å². The minimum atomic E-state index is -0.587. The standard InChI is InChI=1S/C19H23N3O5S/c1-4-26-18(24)12-10-13(22(3)21-12)16(23)20-17-15(19(25)27-5-2)11-8-6-7-9-14(11)28-17/h10H,4-9H2,1-3H3,(H,20,23). The van der Waals surface area contributed by atoms with Crippen LogP contribution in [0.25, 0.3) is 0 Å². The maximum absolute atomic E-state index is 12.8.